The van der Waals surface area contributed by atoms with Crippen molar-refractivity contribution >= 4 is 34.4 Å². The second kappa shape index (κ2) is 8.49. The minimum atomic E-state index is -0.885. The third-order valence-electron chi connectivity index (χ3n) is 8.03. The second-order valence-corrected chi connectivity index (χ2v) is 12.2. The molecule has 2 aromatic rings. The average Bonchev–Trinajstić information content (AvgIpc) is 3.08. The molecular formula is C25H31ClF2N6O3. The van der Waals surface area contributed by atoms with E-state index in [1.165, 1.54) is 6.20 Å². The molecule has 200 valence electrons. The summed E-state index contributed by atoms with van der Waals surface area (Å²) in [5.74, 6) is -0.0643. The van der Waals surface area contributed by atoms with Crippen molar-refractivity contribution in [2.24, 2.45) is 5.92 Å². The van der Waals surface area contributed by atoms with E-state index in [-0.39, 0.29) is 34.7 Å². The highest BCUT2D eigenvalue weighted by molar-refractivity contribution is 6.30. The largest absolute Gasteiger partial charge is 0.461 e. The Morgan fingerprint density at radius 1 is 1.30 bits per heavy atom. The predicted molar refractivity (Wildman–Crippen MR) is 133 cm³/mol. The standard InChI is InChI=1S/C25H31ClF2N6O3/c1-23(2,3)37-22(35)32-25-7-14(25)10-33(12-25)20-16-9-29-19(26)17(28)18(16)30-21(31-20)36-13-24-5-4-6-34(24)11-15(27)8-24/h9,14-15H,4-8,10-13H2,1-3H3,(H,32,35)/t14-,15+,24-,25-/m0/s1. The number of amides is 1. The first-order valence-corrected chi connectivity index (χ1v) is 13.1. The van der Waals surface area contributed by atoms with Gasteiger partial charge in [-0.15, -0.1) is 0 Å². The molecule has 1 N–H and O–H groups in total. The molecule has 4 aliphatic rings. The van der Waals surface area contributed by atoms with Crippen LogP contribution < -0.4 is 15.0 Å². The van der Waals surface area contributed by atoms with E-state index in [9.17, 15) is 9.18 Å². The fourth-order valence-corrected chi connectivity index (χ4v) is 6.44. The van der Waals surface area contributed by atoms with E-state index in [2.05, 4.69) is 25.2 Å². The molecule has 6 rings (SSSR count). The number of carbonyl (C=O) groups excluding carboxylic acids is 1. The third-order valence-corrected chi connectivity index (χ3v) is 8.29. The number of piperidine rings is 1. The van der Waals surface area contributed by atoms with Crippen molar-refractivity contribution in [1.29, 1.82) is 0 Å². The Balaban J connectivity index is 1.27. The van der Waals surface area contributed by atoms with Gasteiger partial charge in [0, 0.05) is 38.2 Å². The van der Waals surface area contributed by atoms with Crippen molar-refractivity contribution < 1.29 is 23.0 Å². The number of pyridine rings is 1. The molecule has 2 aromatic heterocycles. The number of aromatic nitrogens is 3. The summed E-state index contributed by atoms with van der Waals surface area (Å²) in [6.07, 6.45) is 3.17. The van der Waals surface area contributed by atoms with E-state index in [0.717, 1.165) is 25.8 Å². The van der Waals surface area contributed by atoms with Gasteiger partial charge in [0.05, 0.1) is 16.5 Å². The van der Waals surface area contributed by atoms with Gasteiger partial charge in [0.1, 0.15) is 29.7 Å². The maximum absolute atomic E-state index is 15.1. The summed E-state index contributed by atoms with van der Waals surface area (Å²) in [6.45, 7) is 8.03. The number of anilines is 1. The Morgan fingerprint density at radius 3 is 2.89 bits per heavy atom. The van der Waals surface area contributed by atoms with Crippen LogP contribution in [0.4, 0.5) is 19.4 Å². The Kier molecular flexibility index (Phi) is 5.69. The molecule has 0 aromatic carbocycles. The number of alkyl carbamates (subject to hydrolysis) is 1. The smallest absolute Gasteiger partial charge is 0.408 e. The van der Waals surface area contributed by atoms with Crippen LogP contribution in [0, 0.1) is 11.7 Å². The van der Waals surface area contributed by atoms with Crippen molar-refractivity contribution in [3.63, 3.8) is 0 Å². The third kappa shape index (κ3) is 4.43. The van der Waals surface area contributed by atoms with Gasteiger partial charge in [0.15, 0.2) is 11.0 Å². The van der Waals surface area contributed by atoms with Gasteiger partial charge < -0.3 is 19.7 Å². The molecule has 12 heteroatoms. The van der Waals surface area contributed by atoms with Gasteiger partial charge >= 0.3 is 12.1 Å². The molecule has 0 unspecified atom stereocenters. The van der Waals surface area contributed by atoms with Gasteiger partial charge in [-0.2, -0.15) is 9.97 Å². The molecule has 3 saturated heterocycles. The lowest BCUT2D eigenvalue weighted by Gasteiger charge is -2.31. The predicted octanol–water partition coefficient (Wildman–Crippen LogP) is 3.88. The molecule has 0 bridgehead atoms. The summed E-state index contributed by atoms with van der Waals surface area (Å²) >= 11 is 5.97. The number of hydrogen-bond acceptors (Lipinski definition) is 8. The molecule has 37 heavy (non-hydrogen) atoms. The average molecular weight is 537 g/mol. The molecule has 0 spiro atoms. The van der Waals surface area contributed by atoms with Crippen LogP contribution in [0.2, 0.25) is 5.15 Å². The summed E-state index contributed by atoms with van der Waals surface area (Å²) in [6, 6.07) is 0.0157. The van der Waals surface area contributed by atoms with Gasteiger partial charge in [0.25, 0.3) is 0 Å². The van der Waals surface area contributed by atoms with Crippen molar-refractivity contribution in [2.45, 2.75) is 69.3 Å². The quantitative estimate of drug-likeness (QED) is 0.576. The molecule has 9 nitrogen and oxygen atoms in total. The number of rotatable bonds is 5. The van der Waals surface area contributed by atoms with Crippen LogP contribution >= 0.6 is 11.6 Å². The fraction of sp³-hybridized carbons (Fsp3) is 0.680. The number of nitrogens with one attached hydrogen (secondary N) is 1. The number of fused-ring (bicyclic) bond motifs is 3. The van der Waals surface area contributed by atoms with E-state index >= 15 is 4.39 Å². The first-order chi connectivity index (χ1) is 17.5. The summed E-state index contributed by atoms with van der Waals surface area (Å²) in [5, 5.41) is 3.16. The Hall–Kier alpha value is -2.53. The van der Waals surface area contributed by atoms with Crippen LogP contribution in [-0.4, -0.2) is 81.6 Å². The molecule has 5 heterocycles. The minimum Gasteiger partial charge on any atom is -0.461 e. The number of halogens is 3. The highest BCUT2D eigenvalue weighted by Crippen LogP contribution is 2.51. The number of ether oxygens (including phenoxy) is 2. The van der Waals surface area contributed by atoms with Gasteiger partial charge in [-0.25, -0.2) is 18.6 Å². The molecular weight excluding hydrogens is 506 g/mol. The second-order valence-electron chi connectivity index (χ2n) is 11.9. The number of alkyl halides is 1. The molecule has 1 saturated carbocycles. The summed E-state index contributed by atoms with van der Waals surface area (Å²) < 4.78 is 40.8. The number of carbonyl (C=O) groups is 1. The normalized spacial score (nSPS) is 30.9. The zero-order valence-electron chi connectivity index (χ0n) is 21.2. The first kappa shape index (κ1) is 24.8. The van der Waals surface area contributed by atoms with Crippen LogP contribution in [0.5, 0.6) is 6.01 Å². The van der Waals surface area contributed by atoms with Gasteiger partial charge in [-0.3, -0.25) is 4.90 Å². The molecule has 4 atom stereocenters. The number of nitrogens with zero attached hydrogens (tertiary/aromatic N) is 5. The van der Waals surface area contributed by atoms with E-state index in [0.29, 0.717) is 37.3 Å². The van der Waals surface area contributed by atoms with Gasteiger partial charge in [-0.05, 0) is 46.6 Å². The molecule has 3 aliphatic heterocycles. The van der Waals surface area contributed by atoms with E-state index in [4.69, 9.17) is 21.1 Å². The SMILES string of the molecule is CC(C)(C)OC(=O)N[C@]12C[C@H]1CN(c1nc(OC[C@@]34CCCN3C[C@H](F)C4)nc3c(F)c(Cl)ncc13)C2. The fourth-order valence-electron chi connectivity index (χ4n) is 6.30. The van der Waals surface area contributed by atoms with Crippen LogP contribution in [0.25, 0.3) is 10.9 Å². The zero-order chi connectivity index (χ0) is 26.2. The van der Waals surface area contributed by atoms with Crippen LogP contribution in [-0.2, 0) is 4.74 Å². The van der Waals surface area contributed by atoms with E-state index in [1.807, 2.05) is 25.7 Å². The Morgan fingerprint density at radius 2 is 2.11 bits per heavy atom. The molecule has 0 radical (unpaired) electrons. The lowest BCUT2D eigenvalue weighted by atomic mass is 9.95. The summed E-state index contributed by atoms with van der Waals surface area (Å²) in [4.78, 5) is 29.5. The van der Waals surface area contributed by atoms with Crippen molar-refractivity contribution in [1.82, 2.24) is 25.2 Å². The van der Waals surface area contributed by atoms with Crippen molar-refractivity contribution in [3.05, 3.63) is 17.2 Å². The summed E-state index contributed by atoms with van der Waals surface area (Å²) in [7, 11) is 0. The monoisotopic (exact) mass is 536 g/mol. The van der Waals surface area contributed by atoms with Crippen LogP contribution in [0.3, 0.4) is 0 Å². The maximum atomic E-state index is 15.1. The van der Waals surface area contributed by atoms with Gasteiger partial charge in [0.2, 0.25) is 0 Å². The lowest BCUT2D eigenvalue weighted by Crippen LogP contribution is -2.45. The lowest BCUT2D eigenvalue weighted by molar-refractivity contribution is 0.0498. The highest BCUT2D eigenvalue weighted by Gasteiger charge is 2.62. The Bertz CT molecular complexity index is 1260. The summed E-state index contributed by atoms with van der Waals surface area (Å²) in [5.41, 5.74) is -1.40. The van der Waals surface area contributed by atoms with Crippen LogP contribution in [0.1, 0.15) is 46.5 Å². The van der Waals surface area contributed by atoms with E-state index in [1.54, 1.807) is 0 Å². The molecule has 4 fully saturated rings. The zero-order valence-corrected chi connectivity index (χ0v) is 21.9. The topological polar surface area (TPSA) is 92.7 Å². The molecule has 1 amide bonds. The van der Waals surface area contributed by atoms with Gasteiger partial charge in [-0.1, -0.05) is 11.6 Å². The van der Waals surface area contributed by atoms with Crippen molar-refractivity contribution in [3.8, 4) is 6.01 Å². The van der Waals surface area contributed by atoms with Crippen molar-refractivity contribution in [2.75, 3.05) is 37.7 Å². The van der Waals surface area contributed by atoms with E-state index < -0.39 is 29.2 Å². The first-order valence-electron chi connectivity index (χ1n) is 12.8. The van der Waals surface area contributed by atoms with Crippen LogP contribution in [0.15, 0.2) is 6.20 Å². The Labute approximate surface area is 218 Å². The minimum absolute atomic E-state index is 0.0157. The number of hydrogen-bond donors (Lipinski definition) is 1. The highest BCUT2D eigenvalue weighted by atomic mass is 35.5. The molecule has 1 aliphatic carbocycles. The maximum Gasteiger partial charge on any atom is 0.408 e.